The molecule has 0 spiro atoms. The highest BCUT2D eigenvalue weighted by Crippen LogP contribution is 2.22. The van der Waals surface area contributed by atoms with E-state index in [-0.39, 0.29) is 11.7 Å². The summed E-state index contributed by atoms with van der Waals surface area (Å²) in [5, 5.41) is 2.60. The normalized spacial score (nSPS) is 10.2. The van der Waals surface area contributed by atoms with Crippen LogP contribution in [0.4, 0.5) is 10.2 Å². The molecule has 0 aliphatic carbocycles. The molecule has 0 bridgehead atoms. The number of aromatic nitrogens is 1. The molecule has 1 heterocycles. The minimum absolute atomic E-state index is 0.275. The number of hydrogen-bond acceptors (Lipinski definition) is 2. The average Bonchev–Trinajstić information content (AvgIpc) is 2.33. The molecular formula is C12H7Br2FN2O. The Labute approximate surface area is 120 Å². The smallest absolute Gasteiger partial charge is 0.257 e. The average molecular weight is 374 g/mol. The topological polar surface area (TPSA) is 42.0 Å². The summed E-state index contributed by atoms with van der Waals surface area (Å²) in [4.78, 5) is 15.8. The van der Waals surface area contributed by atoms with Crippen molar-refractivity contribution in [3.05, 3.63) is 56.9 Å². The lowest BCUT2D eigenvalue weighted by Gasteiger charge is -2.07. The van der Waals surface area contributed by atoms with E-state index in [4.69, 9.17) is 0 Å². The van der Waals surface area contributed by atoms with Gasteiger partial charge in [-0.15, -0.1) is 0 Å². The van der Waals surface area contributed by atoms with E-state index in [0.29, 0.717) is 14.5 Å². The van der Waals surface area contributed by atoms with E-state index in [1.54, 1.807) is 18.2 Å². The minimum atomic E-state index is -0.472. The molecule has 18 heavy (non-hydrogen) atoms. The van der Waals surface area contributed by atoms with Crippen LogP contribution in [0.15, 0.2) is 45.5 Å². The number of nitrogens with one attached hydrogen (secondary N) is 1. The SMILES string of the molecule is O=C(Nc1ncc(F)cc1Br)c1ccccc1Br. The molecule has 0 radical (unpaired) electrons. The van der Waals surface area contributed by atoms with Gasteiger partial charge >= 0.3 is 0 Å². The molecule has 1 aromatic carbocycles. The Morgan fingerprint density at radius 2 is 1.94 bits per heavy atom. The molecule has 2 aromatic rings. The van der Waals surface area contributed by atoms with E-state index >= 15 is 0 Å². The zero-order valence-corrected chi connectivity index (χ0v) is 12.1. The number of halogens is 3. The Morgan fingerprint density at radius 1 is 1.22 bits per heavy atom. The minimum Gasteiger partial charge on any atom is -0.306 e. The van der Waals surface area contributed by atoms with E-state index in [2.05, 4.69) is 42.2 Å². The van der Waals surface area contributed by atoms with Crippen molar-refractivity contribution < 1.29 is 9.18 Å². The lowest BCUT2D eigenvalue weighted by Crippen LogP contribution is -2.14. The van der Waals surface area contributed by atoms with Crippen molar-refractivity contribution >= 4 is 43.6 Å². The molecule has 92 valence electrons. The molecule has 0 fully saturated rings. The van der Waals surface area contributed by atoms with Crippen LogP contribution in [-0.2, 0) is 0 Å². The lowest BCUT2D eigenvalue weighted by molar-refractivity contribution is 0.102. The molecule has 3 nitrogen and oxygen atoms in total. The monoisotopic (exact) mass is 372 g/mol. The number of nitrogens with zero attached hydrogens (tertiary/aromatic N) is 1. The molecule has 0 aliphatic rings. The van der Waals surface area contributed by atoms with E-state index in [1.165, 1.54) is 6.07 Å². The molecule has 0 saturated carbocycles. The van der Waals surface area contributed by atoms with Crippen LogP contribution in [0.3, 0.4) is 0 Å². The second kappa shape index (κ2) is 5.58. The van der Waals surface area contributed by atoms with E-state index in [1.807, 2.05) is 6.07 Å². The largest absolute Gasteiger partial charge is 0.306 e. The summed E-state index contributed by atoms with van der Waals surface area (Å²) < 4.78 is 13.9. The second-order valence-corrected chi connectivity index (χ2v) is 5.13. The van der Waals surface area contributed by atoms with Crippen molar-refractivity contribution in [2.24, 2.45) is 0 Å². The van der Waals surface area contributed by atoms with Crippen molar-refractivity contribution in [2.75, 3.05) is 5.32 Å². The molecule has 6 heteroatoms. The molecule has 1 aromatic heterocycles. The van der Waals surface area contributed by atoms with Gasteiger partial charge in [0.05, 0.1) is 16.2 Å². The van der Waals surface area contributed by atoms with E-state index in [0.717, 1.165) is 6.20 Å². The molecule has 0 unspecified atom stereocenters. The Morgan fingerprint density at radius 3 is 2.61 bits per heavy atom. The van der Waals surface area contributed by atoms with Gasteiger partial charge in [0.25, 0.3) is 5.91 Å². The quantitative estimate of drug-likeness (QED) is 0.864. The maximum absolute atomic E-state index is 12.9. The number of amides is 1. The van der Waals surface area contributed by atoms with Crippen LogP contribution in [0.2, 0.25) is 0 Å². The first-order chi connectivity index (χ1) is 8.58. The van der Waals surface area contributed by atoms with Crippen LogP contribution in [-0.4, -0.2) is 10.9 Å². The maximum atomic E-state index is 12.9. The van der Waals surface area contributed by atoms with Crippen LogP contribution >= 0.6 is 31.9 Å². The standard InChI is InChI=1S/C12H7Br2FN2O/c13-9-4-2-1-3-8(9)12(18)17-11-10(14)5-7(15)6-16-11/h1-6H,(H,16,17,18). The fourth-order valence-corrected chi connectivity index (χ4v) is 2.21. The van der Waals surface area contributed by atoms with Gasteiger partial charge in [0.1, 0.15) is 11.6 Å². The van der Waals surface area contributed by atoms with Gasteiger partial charge in [0.2, 0.25) is 0 Å². The predicted molar refractivity (Wildman–Crippen MR) is 74.0 cm³/mol. The van der Waals surface area contributed by atoms with E-state index < -0.39 is 5.82 Å². The first-order valence-corrected chi connectivity index (χ1v) is 6.53. The van der Waals surface area contributed by atoms with Gasteiger partial charge in [0, 0.05) is 4.47 Å². The van der Waals surface area contributed by atoms with Gasteiger partial charge in [-0.25, -0.2) is 9.37 Å². The first kappa shape index (κ1) is 13.2. The fraction of sp³-hybridized carbons (Fsp3) is 0. The highest BCUT2D eigenvalue weighted by atomic mass is 79.9. The summed E-state index contributed by atoms with van der Waals surface area (Å²) >= 11 is 6.43. The Bertz CT molecular complexity index is 604. The van der Waals surface area contributed by atoms with Gasteiger partial charge in [0.15, 0.2) is 0 Å². The summed E-state index contributed by atoms with van der Waals surface area (Å²) in [6, 6.07) is 8.25. The van der Waals surface area contributed by atoms with Crippen LogP contribution in [0, 0.1) is 5.82 Å². The van der Waals surface area contributed by atoms with Crippen LogP contribution in [0.5, 0.6) is 0 Å². The van der Waals surface area contributed by atoms with Crippen molar-refractivity contribution in [1.82, 2.24) is 4.98 Å². The van der Waals surface area contributed by atoms with Crippen molar-refractivity contribution in [3.63, 3.8) is 0 Å². The van der Waals surface area contributed by atoms with E-state index in [9.17, 15) is 9.18 Å². The fourth-order valence-electron chi connectivity index (χ4n) is 1.33. The molecular weight excluding hydrogens is 367 g/mol. The number of anilines is 1. The third kappa shape index (κ3) is 2.94. The summed E-state index contributed by atoms with van der Waals surface area (Å²) in [6.07, 6.45) is 1.04. The summed E-state index contributed by atoms with van der Waals surface area (Å²) in [5.74, 6) is -0.514. The van der Waals surface area contributed by atoms with Crippen LogP contribution < -0.4 is 5.32 Å². The van der Waals surface area contributed by atoms with Crippen molar-refractivity contribution in [2.45, 2.75) is 0 Å². The number of carbonyl (C=O) groups excluding carboxylic acids is 1. The number of benzene rings is 1. The highest BCUT2D eigenvalue weighted by Gasteiger charge is 2.12. The van der Waals surface area contributed by atoms with Gasteiger partial charge in [-0.1, -0.05) is 12.1 Å². The van der Waals surface area contributed by atoms with Crippen molar-refractivity contribution in [1.29, 1.82) is 0 Å². The van der Waals surface area contributed by atoms with Gasteiger partial charge in [-0.05, 0) is 50.1 Å². The summed E-state index contributed by atoms with van der Waals surface area (Å²) in [7, 11) is 0. The molecule has 1 N–H and O–H groups in total. The lowest BCUT2D eigenvalue weighted by atomic mass is 10.2. The van der Waals surface area contributed by atoms with Gasteiger partial charge in [-0.2, -0.15) is 0 Å². The number of hydrogen-bond donors (Lipinski definition) is 1. The first-order valence-electron chi connectivity index (χ1n) is 4.95. The number of pyridine rings is 1. The summed E-state index contributed by atoms with van der Waals surface area (Å²) in [6.45, 7) is 0. The van der Waals surface area contributed by atoms with Crippen molar-refractivity contribution in [3.8, 4) is 0 Å². The van der Waals surface area contributed by atoms with Crippen LogP contribution in [0.1, 0.15) is 10.4 Å². The number of rotatable bonds is 2. The number of carbonyl (C=O) groups is 1. The zero-order chi connectivity index (χ0) is 13.1. The predicted octanol–water partition coefficient (Wildman–Crippen LogP) is 4.00. The van der Waals surface area contributed by atoms with Gasteiger partial charge < -0.3 is 5.32 Å². The van der Waals surface area contributed by atoms with Crippen LogP contribution in [0.25, 0.3) is 0 Å². The molecule has 1 amide bonds. The molecule has 2 rings (SSSR count). The summed E-state index contributed by atoms with van der Waals surface area (Å²) in [5.41, 5.74) is 0.482. The zero-order valence-electron chi connectivity index (χ0n) is 8.95. The second-order valence-electron chi connectivity index (χ2n) is 3.42. The molecule has 0 saturated heterocycles. The highest BCUT2D eigenvalue weighted by molar-refractivity contribution is 9.11. The molecule has 0 atom stereocenters. The Kier molecular flexibility index (Phi) is 4.08. The Hall–Kier alpha value is -1.27. The third-order valence-electron chi connectivity index (χ3n) is 2.16. The third-order valence-corrected chi connectivity index (χ3v) is 3.45. The molecule has 0 aliphatic heterocycles. The maximum Gasteiger partial charge on any atom is 0.257 e. The Balaban J connectivity index is 2.24. The van der Waals surface area contributed by atoms with Gasteiger partial charge in [-0.3, -0.25) is 4.79 Å².